The van der Waals surface area contributed by atoms with Crippen LogP contribution in [0.5, 0.6) is 6.01 Å². The average molecular weight is 654 g/mol. The van der Waals surface area contributed by atoms with E-state index < -0.39 is 0 Å². The fourth-order valence-corrected chi connectivity index (χ4v) is 5.74. The van der Waals surface area contributed by atoms with Crippen LogP contribution in [0.4, 0.5) is 5.82 Å². The lowest BCUT2D eigenvalue weighted by Crippen LogP contribution is -2.35. The van der Waals surface area contributed by atoms with E-state index in [0.717, 1.165) is 68.4 Å². The highest BCUT2D eigenvalue weighted by Gasteiger charge is 2.20. The number of hydrogen-bond donors (Lipinski definition) is 4. The number of rotatable bonds is 15. The maximum atomic E-state index is 12.8. The normalized spacial score (nSPS) is 14.1. The van der Waals surface area contributed by atoms with E-state index in [0.29, 0.717) is 36.8 Å². The molecule has 1 aliphatic rings. The Labute approximate surface area is 278 Å². The van der Waals surface area contributed by atoms with Crippen molar-refractivity contribution in [2.24, 2.45) is 16.8 Å². The molecule has 48 heavy (non-hydrogen) atoms. The summed E-state index contributed by atoms with van der Waals surface area (Å²) in [6, 6.07) is 15.8. The number of aromatic amines is 1. The van der Waals surface area contributed by atoms with Gasteiger partial charge in [0.25, 0.3) is 5.91 Å². The molecule has 1 aliphatic heterocycles. The van der Waals surface area contributed by atoms with Gasteiger partial charge in [0.05, 0.1) is 25.4 Å². The van der Waals surface area contributed by atoms with Gasteiger partial charge in [-0.2, -0.15) is 9.97 Å². The third-order valence-electron chi connectivity index (χ3n) is 8.55. The molecule has 4 aromatic rings. The molecule has 14 heteroatoms. The first-order valence-electron chi connectivity index (χ1n) is 16.4. The van der Waals surface area contributed by atoms with Crippen molar-refractivity contribution in [2.75, 3.05) is 32.0 Å². The van der Waals surface area contributed by atoms with Crippen molar-refractivity contribution in [1.82, 2.24) is 29.7 Å². The summed E-state index contributed by atoms with van der Waals surface area (Å²) in [5, 5.41) is 6.49. The third-order valence-corrected chi connectivity index (χ3v) is 8.55. The van der Waals surface area contributed by atoms with Crippen molar-refractivity contribution in [3.8, 4) is 6.01 Å². The van der Waals surface area contributed by atoms with Gasteiger partial charge in [-0.05, 0) is 78.6 Å². The maximum absolute atomic E-state index is 12.8. The number of likely N-dealkylation sites (tertiary alicyclic amines) is 1. The Morgan fingerprint density at radius 2 is 1.79 bits per heavy atom. The standard InChI is InChI=1S/C34H43N11O3/c1-2-3-18-48-33-41-30(36)29-31(42-33)45(34(47)40-29)22-27-10-8-26(9-11-27)21-44-16-13-23(14-17-44)12-15-38-32(46)28(35)19-24-4-6-25(7-5-24)20-39-43-37/h4-11,19,23H,2-3,12-18,20-22,35H2,1H3,(H,38,46)(H,40,47)(H2,36,41,42)/b28-19-. The quantitative estimate of drug-likeness (QED) is 0.0473. The van der Waals surface area contributed by atoms with E-state index in [-0.39, 0.29) is 35.7 Å². The molecule has 0 radical (unpaired) electrons. The lowest BCUT2D eigenvalue weighted by molar-refractivity contribution is -0.117. The van der Waals surface area contributed by atoms with Crippen LogP contribution >= 0.6 is 0 Å². The number of amides is 1. The van der Waals surface area contributed by atoms with Crippen LogP contribution < -0.4 is 27.2 Å². The minimum absolute atomic E-state index is 0.160. The summed E-state index contributed by atoms with van der Waals surface area (Å²) in [7, 11) is 0. The Morgan fingerprint density at radius 1 is 1.10 bits per heavy atom. The summed E-state index contributed by atoms with van der Waals surface area (Å²) >= 11 is 0. The van der Waals surface area contributed by atoms with Gasteiger partial charge in [0.1, 0.15) is 5.52 Å². The Morgan fingerprint density at radius 3 is 2.48 bits per heavy atom. The number of hydrogen-bond acceptors (Lipinski definition) is 9. The first kappa shape index (κ1) is 34.0. The molecule has 2 aromatic heterocycles. The number of aromatic nitrogens is 4. The van der Waals surface area contributed by atoms with E-state index in [2.05, 4.69) is 54.3 Å². The highest BCUT2D eigenvalue weighted by molar-refractivity contribution is 5.96. The minimum atomic E-state index is -0.297. The summed E-state index contributed by atoms with van der Waals surface area (Å²) in [6.45, 7) is 6.61. The Kier molecular flexibility index (Phi) is 11.7. The van der Waals surface area contributed by atoms with Gasteiger partial charge in [-0.3, -0.25) is 14.3 Å². The second-order valence-electron chi connectivity index (χ2n) is 12.1. The van der Waals surface area contributed by atoms with Gasteiger partial charge in [-0.15, -0.1) is 0 Å². The fourth-order valence-electron chi connectivity index (χ4n) is 5.74. The van der Waals surface area contributed by atoms with Crippen LogP contribution in [-0.4, -0.2) is 56.6 Å². The monoisotopic (exact) mass is 653 g/mol. The number of carbonyl (C=O) groups excluding carboxylic acids is 1. The molecular formula is C34H43N11O3. The maximum Gasteiger partial charge on any atom is 0.328 e. The van der Waals surface area contributed by atoms with Crippen LogP contribution in [-0.2, 0) is 24.4 Å². The number of nitrogens with two attached hydrogens (primary N) is 2. The molecule has 2 aromatic carbocycles. The highest BCUT2D eigenvalue weighted by Crippen LogP contribution is 2.23. The van der Waals surface area contributed by atoms with E-state index in [4.69, 9.17) is 21.7 Å². The number of fused-ring (bicyclic) bond motifs is 1. The van der Waals surface area contributed by atoms with Crippen LogP contribution in [0.25, 0.3) is 27.7 Å². The minimum Gasteiger partial charge on any atom is -0.463 e. The molecule has 1 fully saturated rings. The van der Waals surface area contributed by atoms with Gasteiger partial charge in [0.15, 0.2) is 11.5 Å². The van der Waals surface area contributed by atoms with Crippen LogP contribution in [0, 0.1) is 5.92 Å². The number of nitrogens with one attached hydrogen (secondary N) is 2. The second-order valence-corrected chi connectivity index (χ2v) is 12.1. The Bertz CT molecular complexity index is 1820. The van der Waals surface area contributed by atoms with Gasteiger partial charge < -0.3 is 26.5 Å². The molecule has 0 spiro atoms. The number of imidazole rings is 1. The predicted octanol–water partition coefficient (Wildman–Crippen LogP) is 4.46. The summed E-state index contributed by atoms with van der Waals surface area (Å²) in [5.74, 6) is 0.456. The van der Waals surface area contributed by atoms with Crippen molar-refractivity contribution >= 4 is 29.0 Å². The van der Waals surface area contributed by atoms with E-state index >= 15 is 0 Å². The Balaban J connectivity index is 1.06. The van der Waals surface area contributed by atoms with Crippen molar-refractivity contribution in [3.05, 3.63) is 97.4 Å². The lowest BCUT2D eigenvalue weighted by Gasteiger charge is -2.32. The number of unbranched alkanes of at least 4 members (excludes halogenated alkanes) is 1. The zero-order valence-electron chi connectivity index (χ0n) is 27.3. The number of anilines is 1. The van der Waals surface area contributed by atoms with Crippen LogP contribution in [0.3, 0.4) is 0 Å². The average Bonchev–Trinajstić information content (AvgIpc) is 3.41. The molecule has 1 saturated heterocycles. The number of carbonyl (C=O) groups is 1. The van der Waals surface area contributed by atoms with Crippen LogP contribution in [0.2, 0.25) is 0 Å². The largest absolute Gasteiger partial charge is 0.463 e. The number of ether oxygens (including phenoxy) is 1. The van der Waals surface area contributed by atoms with Crippen molar-refractivity contribution in [3.63, 3.8) is 0 Å². The molecular weight excluding hydrogens is 610 g/mol. The topological polar surface area (TPSA) is 206 Å². The predicted molar refractivity (Wildman–Crippen MR) is 186 cm³/mol. The first-order chi connectivity index (χ1) is 23.3. The smallest absolute Gasteiger partial charge is 0.328 e. The molecule has 0 aliphatic carbocycles. The zero-order chi connectivity index (χ0) is 33.9. The number of piperidine rings is 1. The second kappa shape index (κ2) is 16.5. The summed E-state index contributed by atoms with van der Waals surface area (Å²) < 4.78 is 7.20. The van der Waals surface area contributed by atoms with Crippen molar-refractivity contribution in [2.45, 2.75) is 58.7 Å². The molecule has 6 N–H and O–H groups in total. The third kappa shape index (κ3) is 9.14. The molecule has 252 valence electrons. The van der Waals surface area contributed by atoms with Crippen LogP contribution in [0.1, 0.15) is 61.3 Å². The van der Waals surface area contributed by atoms with Gasteiger partial charge in [0, 0.05) is 18.0 Å². The van der Waals surface area contributed by atoms with Crippen LogP contribution in [0.15, 0.2) is 64.1 Å². The SMILES string of the molecule is CCCCOc1nc(N)c2[nH]c(=O)n(Cc3ccc(CN4CCC(CCNC(=O)/C(N)=C/c5ccc(CN=[N+]=[N-])cc5)CC4)cc3)c2n1. The van der Waals surface area contributed by atoms with Crippen molar-refractivity contribution < 1.29 is 9.53 Å². The molecule has 14 nitrogen and oxygen atoms in total. The number of azide groups is 1. The Hall–Kier alpha value is -5.33. The summed E-state index contributed by atoms with van der Waals surface area (Å²) in [6.07, 6.45) is 6.55. The van der Waals surface area contributed by atoms with E-state index in [1.807, 2.05) is 36.4 Å². The van der Waals surface area contributed by atoms with Gasteiger partial charge in [-0.1, -0.05) is 67.0 Å². The first-order valence-corrected chi connectivity index (χ1v) is 16.4. The number of benzene rings is 2. The summed E-state index contributed by atoms with van der Waals surface area (Å²) in [4.78, 5) is 41.9. The fraction of sp³-hybridized carbons (Fsp3) is 0.412. The van der Waals surface area contributed by atoms with Gasteiger partial charge in [-0.25, -0.2) is 4.79 Å². The molecule has 0 atom stereocenters. The molecule has 3 heterocycles. The van der Waals surface area contributed by atoms with Gasteiger partial charge in [0.2, 0.25) is 0 Å². The lowest BCUT2D eigenvalue weighted by atomic mass is 9.93. The molecule has 0 saturated carbocycles. The highest BCUT2D eigenvalue weighted by atomic mass is 16.5. The molecule has 0 bridgehead atoms. The van der Waals surface area contributed by atoms with Crippen molar-refractivity contribution in [1.29, 1.82) is 0 Å². The summed E-state index contributed by atoms with van der Waals surface area (Å²) in [5.41, 5.74) is 25.1. The van der Waals surface area contributed by atoms with Gasteiger partial charge >= 0.3 is 11.7 Å². The molecule has 0 unspecified atom stereocenters. The van der Waals surface area contributed by atoms with E-state index in [9.17, 15) is 9.59 Å². The van der Waals surface area contributed by atoms with E-state index in [1.165, 1.54) is 5.56 Å². The van der Waals surface area contributed by atoms with E-state index in [1.54, 1.807) is 10.6 Å². The number of nitrogens with zero attached hydrogens (tertiary/aromatic N) is 7. The number of H-pyrrole nitrogens is 1. The molecule has 5 rings (SSSR count). The molecule has 1 amide bonds. The zero-order valence-corrected chi connectivity index (χ0v) is 27.3. The number of nitrogen functional groups attached to an aromatic ring is 1.